The zero-order chi connectivity index (χ0) is 13.0. The summed E-state index contributed by atoms with van der Waals surface area (Å²) >= 11 is 15.6. The lowest BCUT2D eigenvalue weighted by molar-refractivity contribution is 0.540. The Bertz CT molecular complexity index is 493. The Labute approximate surface area is 126 Å². The van der Waals surface area contributed by atoms with E-state index in [1.807, 2.05) is 17.5 Å². The standard InChI is InChI=1S/C13H15Cl2NS2/c1-2-6-16-11(13-10(14)5-7-17-13)8-9-3-4-12(15)18-9/h3-5,7,11,16H,2,6,8H2,1H3. The predicted octanol–water partition coefficient (Wildman–Crippen LogP) is 5.40. The van der Waals surface area contributed by atoms with E-state index in [2.05, 4.69) is 18.3 Å². The summed E-state index contributed by atoms with van der Waals surface area (Å²) in [4.78, 5) is 2.51. The van der Waals surface area contributed by atoms with Gasteiger partial charge in [-0.15, -0.1) is 22.7 Å². The van der Waals surface area contributed by atoms with Gasteiger partial charge in [0.15, 0.2) is 0 Å². The second-order valence-electron chi connectivity index (χ2n) is 4.05. The zero-order valence-corrected chi connectivity index (χ0v) is 13.2. The van der Waals surface area contributed by atoms with Gasteiger partial charge in [-0.1, -0.05) is 30.1 Å². The van der Waals surface area contributed by atoms with Gasteiger partial charge in [0.25, 0.3) is 0 Å². The van der Waals surface area contributed by atoms with E-state index in [0.29, 0.717) is 0 Å². The molecule has 2 aromatic heterocycles. The Balaban J connectivity index is 2.12. The molecule has 0 radical (unpaired) electrons. The minimum absolute atomic E-state index is 0.284. The summed E-state index contributed by atoms with van der Waals surface area (Å²) in [6.45, 7) is 3.17. The largest absolute Gasteiger partial charge is 0.309 e. The minimum atomic E-state index is 0.284. The summed E-state index contributed by atoms with van der Waals surface area (Å²) in [5.41, 5.74) is 0. The van der Waals surface area contributed by atoms with E-state index in [-0.39, 0.29) is 6.04 Å². The molecular weight excluding hydrogens is 305 g/mol. The number of halogens is 2. The van der Waals surface area contributed by atoms with E-state index in [9.17, 15) is 0 Å². The van der Waals surface area contributed by atoms with Crippen molar-refractivity contribution in [3.05, 3.63) is 42.7 Å². The third-order valence-electron chi connectivity index (χ3n) is 2.64. The van der Waals surface area contributed by atoms with Gasteiger partial charge < -0.3 is 5.32 Å². The maximum atomic E-state index is 6.23. The first-order valence-corrected chi connectivity index (χ1v) is 8.36. The number of hydrogen-bond acceptors (Lipinski definition) is 3. The number of rotatable bonds is 6. The molecule has 0 aliphatic heterocycles. The second-order valence-corrected chi connectivity index (χ2v) is 7.20. The smallest absolute Gasteiger partial charge is 0.0931 e. The lowest BCUT2D eigenvalue weighted by Crippen LogP contribution is -2.23. The first-order chi connectivity index (χ1) is 8.70. The molecule has 0 spiro atoms. The fraction of sp³-hybridized carbons (Fsp3) is 0.385. The van der Waals surface area contributed by atoms with E-state index in [1.165, 1.54) is 9.75 Å². The summed E-state index contributed by atoms with van der Waals surface area (Å²) < 4.78 is 0.844. The van der Waals surface area contributed by atoms with E-state index in [4.69, 9.17) is 23.2 Å². The van der Waals surface area contributed by atoms with Crippen LogP contribution >= 0.6 is 45.9 Å². The Morgan fingerprint density at radius 3 is 2.67 bits per heavy atom. The van der Waals surface area contributed by atoms with Crippen LogP contribution in [0.2, 0.25) is 9.36 Å². The van der Waals surface area contributed by atoms with Crippen LogP contribution in [0.5, 0.6) is 0 Å². The third-order valence-corrected chi connectivity index (χ3v) is 5.36. The van der Waals surface area contributed by atoms with Crippen molar-refractivity contribution >= 4 is 45.9 Å². The maximum absolute atomic E-state index is 6.23. The number of hydrogen-bond donors (Lipinski definition) is 1. The predicted molar refractivity (Wildman–Crippen MR) is 83.4 cm³/mol. The third kappa shape index (κ3) is 3.72. The normalized spacial score (nSPS) is 12.8. The highest BCUT2D eigenvalue weighted by Crippen LogP contribution is 2.33. The molecule has 0 saturated carbocycles. The molecule has 2 heterocycles. The fourth-order valence-electron chi connectivity index (χ4n) is 1.79. The van der Waals surface area contributed by atoms with E-state index < -0.39 is 0 Å². The summed E-state index contributed by atoms with van der Waals surface area (Å²) in [5, 5.41) is 6.46. The molecule has 18 heavy (non-hydrogen) atoms. The van der Waals surface area contributed by atoms with Gasteiger partial charge in [0.05, 0.1) is 9.36 Å². The van der Waals surface area contributed by atoms with Gasteiger partial charge in [0, 0.05) is 22.2 Å². The molecule has 0 aliphatic rings. The molecule has 0 fully saturated rings. The van der Waals surface area contributed by atoms with E-state index >= 15 is 0 Å². The van der Waals surface area contributed by atoms with Crippen LogP contribution < -0.4 is 5.32 Å². The van der Waals surface area contributed by atoms with Gasteiger partial charge >= 0.3 is 0 Å². The van der Waals surface area contributed by atoms with Crippen molar-refractivity contribution in [3.63, 3.8) is 0 Å². The van der Waals surface area contributed by atoms with Crippen molar-refractivity contribution in [2.45, 2.75) is 25.8 Å². The first-order valence-electron chi connectivity index (χ1n) is 5.91. The highest BCUT2D eigenvalue weighted by molar-refractivity contribution is 7.16. The van der Waals surface area contributed by atoms with Crippen LogP contribution in [0.25, 0.3) is 0 Å². The van der Waals surface area contributed by atoms with Crippen molar-refractivity contribution in [1.29, 1.82) is 0 Å². The quantitative estimate of drug-likeness (QED) is 0.751. The minimum Gasteiger partial charge on any atom is -0.309 e. The molecule has 0 aromatic carbocycles. The molecule has 1 nitrogen and oxygen atoms in total. The molecule has 0 aliphatic carbocycles. The van der Waals surface area contributed by atoms with Crippen LogP contribution in [0.1, 0.15) is 29.1 Å². The van der Waals surface area contributed by atoms with E-state index in [1.54, 1.807) is 22.7 Å². The highest BCUT2D eigenvalue weighted by atomic mass is 35.5. The molecule has 98 valence electrons. The SMILES string of the molecule is CCCNC(Cc1ccc(Cl)s1)c1sccc1Cl. The summed E-state index contributed by atoms with van der Waals surface area (Å²) in [5.74, 6) is 0. The lowest BCUT2D eigenvalue weighted by atomic mass is 10.1. The number of thiophene rings is 2. The summed E-state index contributed by atoms with van der Waals surface area (Å²) in [7, 11) is 0. The summed E-state index contributed by atoms with van der Waals surface area (Å²) in [6.07, 6.45) is 2.06. The monoisotopic (exact) mass is 319 g/mol. The molecule has 1 atom stereocenters. The van der Waals surface area contributed by atoms with Gasteiger partial charge in [-0.2, -0.15) is 0 Å². The van der Waals surface area contributed by atoms with Crippen molar-refractivity contribution < 1.29 is 0 Å². The average Bonchev–Trinajstić information content (AvgIpc) is 2.93. The zero-order valence-electron chi connectivity index (χ0n) is 10.1. The molecule has 5 heteroatoms. The Morgan fingerprint density at radius 2 is 2.11 bits per heavy atom. The highest BCUT2D eigenvalue weighted by Gasteiger charge is 2.17. The molecular formula is C13H15Cl2NS2. The molecule has 2 aromatic rings. The topological polar surface area (TPSA) is 12.0 Å². The molecule has 2 rings (SSSR count). The molecule has 0 bridgehead atoms. The van der Waals surface area contributed by atoms with Gasteiger partial charge in [-0.05, 0) is 36.5 Å². The van der Waals surface area contributed by atoms with Crippen LogP contribution in [0.15, 0.2) is 23.6 Å². The average molecular weight is 320 g/mol. The second kappa shape index (κ2) is 6.92. The Kier molecular flexibility index (Phi) is 5.52. The Morgan fingerprint density at radius 1 is 1.28 bits per heavy atom. The van der Waals surface area contributed by atoms with Gasteiger partial charge in [0.1, 0.15) is 0 Å². The fourth-order valence-corrected chi connectivity index (χ4v) is 4.19. The van der Waals surface area contributed by atoms with Gasteiger partial charge in [-0.3, -0.25) is 0 Å². The molecule has 1 N–H and O–H groups in total. The van der Waals surface area contributed by atoms with Crippen molar-refractivity contribution in [2.75, 3.05) is 6.54 Å². The maximum Gasteiger partial charge on any atom is 0.0931 e. The molecule has 0 saturated heterocycles. The first kappa shape index (κ1) is 14.4. The molecule has 1 unspecified atom stereocenters. The van der Waals surface area contributed by atoms with Crippen LogP contribution in [0.4, 0.5) is 0 Å². The van der Waals surface area contributed by atoms with Crippen LogP contribution in [-0.2, 0) is 6.42 Å². The van der Waals surface area contributed by atoms with Crippen LogP contribution in [-0.4, -0.2) is 6.54 Å². The van der Waals surface area contributed by atoms with Crippen molar-refractivity contribution in [2.24, 2.45) is 0 Å². The van der Waals surface area contributed by atoms with E-state index in [0.717, 1.165) is 28.7 Å². The van der Waals surface area contributed by atoms with Crippen molar-refractivity contribution in [1.82, 2.24) is 5.32 Å². The van der Waals surface area contributed by atoms with Crippen LogP contribution in [0, 0.1) is 0 Å². The van der Waals surface area contributed by atoms with Crippen molar-refractivity contribution in [3.8, 4) is 0 Å². The Hall–Kier alpha value is -0.0600. The summed E-state index contributed by atoms with van der Waals surface area (Å²) in [6, 6.07) is 6.29. The van der Waals surface area contributed by atoms with Gasteiger partial charge in [-0.25, -0.2) is 0 Å². The molecule has 0 amide bonds. The van der Waals surface area contributed by atoms with Gasteiger partial charge in [0.2, 0.25) is 0 Å². The number of nitrogens with one attached hydrogen (secondary N) is 1. The lowest BCUT2D eigenvalue weighted by Gasteiger charge is -2.17. The van der Waals surface area contributed by atoms with Crippen LogP contribution in [0.3, 0.4) is 0 Å².